The van der Waals surface area contributed by atoms with E-state index in [4.69, 9.17) is 4.74 Å². The van der Waals surface area contributed by atoms with Crippen molar-refractivity contribution in [2.24, 2.45) is 0 Å². The third-order valence-corrected chi connectivity index (χ3v) is 4.54. The summed E-state index contributed by atoms with van der Waals surface area (Å²) in [6.45, 7) is 1.60. The molecule has 3 heterocycles. The summed E-state index contributed by atoms with van der Waals surface area (Å²) in [6.07, 6.45) is 6.48. The molecule has 3 aromatic rings. The largest absolute Gasteiger partial charge is 0.377 e. The Hall–Kier alpha value is -2.99. The van der Waals surface area contributed by atoms with Gasteiger partial charge in [0.2, 0.25) is 0 Å². The van der Waals surface area contributed by atoms with E-state index in [1.165, 1.54) is 0 Å². The van der Waals surface area contributed by atoms with Gasteiger partial charge in [0.25, 0.3) is 5.91 Å². The van der Waals surface area contributed by atoms with E-state index in [1.54, 1.807) is 7.11 Å². The molecule has 0 atom stereocenters. The van der Waals surface area contributed by atoms with Gasteiger partial charge in [-0.25, -0.2) is 9.97 Å². The lowest BCUT2D eigenvalue weighted by atomic mass is 10.1. The van der Waals surface area contributed by atoms with Crippen LogP contribution in [0.1, 0.15) is 27.4 Å². The Kier molecular flexibility index (Phi) is 4.50. The number of hydrogen-bond acceptors (Lipinski definition) is 4. The van der Waals surface area contributed by atoms with E-state index in [0.717, 1.165) is 23.4 Å². The smallest absolute Gasteiger partial charge is 0.254 e. The maximum absolute atomic E-state index is 13.0. The molecule has 0 unspecified atom stereocenters. The van der Waals surface area contributed by atoms with E-state index >= 15 is 0 Å². The molecule has 1 aliphatic heterocycles. The normalized spacial score (nSPS) is 13.5. The number of methoxy groups -OCH3 is 1. The SMILES string of the molecule is COCc1ncc2c(n1)CCN(C(=O)c1cccc(-n3cccc3)c1)C2. The first-order valence-corrected chi connectivity index (χ1v) is 8.60. The minimum atomic E-state index is 0.0330. The summed E-state index contributed by atoms with van der Waals surface area (Å²) < 4.78 is 7.08. The number of ether oxygens (including phenoxy) is 1. The topological polar surface area (TPSA) is 60.3 Å². The van der Waals surface area contributed by atoms with Crippen molar-refractivity contribution in [3.05, 3.63) is 77.6 Å². The van der Waals surface area contributed by atoms with Crippen LogP contribution in [0.2, 0.25) is 0 Å². The van der Waals surface area contributed by atoms with E-state index in [1.807, 2.05) is 64.5 Å². The second kappa shape index (κ2) is 7.09. The Morgan fingerprint density at radius 1 is 1.23 bits per heavy atom. The number of nitrogens with zero attached hydrogens (tertiary/aromatic N) is 4. The highest BCUT2D eigenvalue weighted by molar-refractivity contribution is 5.94. The Morgan fingerprint density at radius 3 is 2.88 bits per heavy atom. The number of amides is 1. The minimum Gasteiger partial charge on any atom is -0.377 e. The maximum atomic E-state index is 13.0. The van der Waals surface area contributed by atoms with Crippen molar-refractivity contribution in [2.45, 2.75) is 19.6 Å². The Bertz CT molecular complexity index is 921. The lowest BCUT2D eigenvalue weighted by Gasteiger charge is -2.28. The maximum Gasteiger partial charge on any atom is 0.254 e. The number of carbonyl (C=O) groups is 1. The second-order valence-electron chi connectivity index (χ2n) is 6.31. The van der Waals surface area contributed by atoms with Gasteiger partial charge in [0.05, 0.1) is 5.69 Å². The molecule has 1 amide bonds. The van der Waals surface area contributed by atoms with Crippen LogP contribution < -0.4 is 0 Å². The third kappa shape index (κ3) is 3.23. The van der Waals surface area contributed by atoms with Crippen molar-refractivity contribution >= 4 is 5.91 Å². The Morgan fingerprint density at radius 2 is 2.08 bits per heavy atom. The Balaban J connectivity index is 1.54. The molecule has 0 aliphatic carbocycles. The molecule has 0 radical (unpaired) electrons. The van der Waals surface area contributed by atoms with Crippen LogP contribution in [0.25, 0.3) is 5.69 Å². The molecular formula is C20H20N4O2. The van der Waals surface area contributed by atoms with Crippen LogP contribution in [0.3, 0.4) is 0 Å². The molecule has 0 N–H and O–H groups in total. The summed E-state index contributed by atoms with van der Waals surface area (Å²) in [6, 6.07) is 11.6. The quantitative estimate of drug-likeness (QED) is 0.727. The standard InChI is InChI=1S/C20H20N4O2/c1-26-14-19-21-12-16-13-24(10-7-18(16)22-19)20(25)15-5-4-6-17(11-15)23-8-2-3-9-23/h2-6,8-9,11-12H,7,10,13-14H2,1H3. The van der Waals surface area contributed by atoms with Crippen molar-refractivity contribution in [3.63, 3.8) is 0 Å². The molecule has 0 fully saturated rings. The number of hydrogen-bond donors (Lipinski definition) is 0. The van der Waals surface area contributed by atoms with E-state index < -0.39 is 0 Å². The van der Waals surface area contributed by atoms with Gasteiger partial charge in [-0.1, -0.05) is 6.07 Å². The van der Waals surface area contributed by atoms with Gasteiger partial charge in [0.1, 0.15) is 6.61 Å². The molecule has 6 nitrogen and oxygen atoms in total. The first kappa shape index (κ1) is 16.5. The molecular weight excluding hydrogens is 328 g/mol. The molecule has 0 saturated carbocycles. The molecule has 0 bridgehead atoms. The zero-order valence-electron chi connectivity index (χ0n) is 14.6. The minimum absolute atomic E-state index is 0.0330. The molecule has 132 valence electrons. The summed E-state index contributed by atoms with van der Waals surface area (Å²) in [5.74, 6) is 0.719. The average Bonchev–Trinajstić information content (AvgIpc) is 3.22. The predicted molar refractivity (Wildman–Crippen MR) is 97.0 cm³/mol. The lowest BCUT2D eigenvalue weighted by Crippen LogP contribution is -2.36. The monoisotopic (exact) mass is 348 g/mol. The summed E-state index contributed by atoms with van der Waals surface area (Å²) >= 11 is 0. The van der Waals surface area contributed by atoms with Gasteiger partial charge >= 0.3 is 0 Å². The van der Waals surface area contributed by atoms with Gasteiger partial charge in [-0.3, -0.25) is 4.79 Å². The summed E-state index contributed by atoms with van der Waals surface area (Å²) in [4.78, 5) is 23.7. The van der Waals surface area contributed by atoms with Crippen LogP contribution in [-0.2, 0) is 24.3 Å². The Labute approximate surface area is 152 Å². The highest BCUT2D eigenvalue weighted by Gasteiger charge is 2.23. The van der Waals surface area contributed by atoms with E-state index in [0.29, 0.717) is 31.1 Å². The third-order valence-electron chi connectivity index (χ3n) is 4.54. The summed E-state index contributed by atoms with van der Waals surface area (Å²) in [5, 5.41) is 0. The number of carbonyl (C=O) groups excluding carboxylic acids is 1. The second-order valence-corrected chi connectivity index (χ2v) is 6.31. The van der Waals surface area contributed by atoms with Crippen molar-refractivity contribution < 1.29 is 9.53 Å². The zero-order chi connectivity index (χ0) is 17.9. The molecule has 0 saturated heterocycles. The van der Waals surface area contributed by atoms with Gasteiger partial charge in [-0.05, 0) is 30.3 Å². The zero-order valence-corrected chi connectivity index (χ0v) is 14.6. The van der Waals surface area contributed by atoms with E-state index in [-0.39, 0.29) is 5.91 Å². The summed E-state index contributed by atoms with van der Waals surface area (Å²) in [7, 11) is 1.63. The van der Waals surface area contributed by atoms with Crippen LogP contribution in [0.5, 0.6) is 0 Å². The lowest BCUT2D eigenvalue weighted by molar-refractivity contribution is 0.0732. The van der Waals surface area contributed by atoms with E-state index in [9.17, 15) is 4.79 Å². The van der Waals surface area contributed by atoms with Gasteiger partial charge in [-0.15, -0.1) is 0 Å². The van der Waals surface area contributed by atoms with Crippen LogP contribution in [0, 0.1) is 0 Å². The number of aromatic nitrogens is 3. The molecule has 4 rings (SSSR count). The number of fused-ring (bicyclic) bond motifs is 1. The number of rotatable bonds is 4. The van der Waals surface area contributed by atoms with Crippen LogP contribution in [0.15, 0.2) is 55.0 Å². The fourth-order valence-corrected chi connectivity index (χ4v) is 3.22. The van der Waals surface area contributed by atoms with Crippen molar-refractivity contribution in [1.29, 1.82) is 0 Å². The van der Waals surface area contributed by atoms with Crippen LogP contribution in [0.4, 0.5) is 0 Å². The highest BCUT2D eigenvalue weighted by Crippen LogP contribution is 2.20. The molecule has 26 heavy (non-hydrogen) atoms. The van der Waals surface area contributed by atoms with Crippen molar-refractivity contribution in [2.75, 3.05) is 13.7 Å². The van der Waals surface area contributed by atoms with Crippen LogP contribution in [-0.4, -0.2) is 39.0 Å². The fourth-order valence-electron chi connectivity index (χ4n) is 3.22. The van der Waals surface area contributed by atoms with Gasteiger partial charge in [0.15, 0.2) is 5.82 Å². The molecule has 1 aromatic carbocycles. The molecule has 2 aromatic heterocycles. The molecule has 6 heteroatoms. The average molecular weight is 348 g/mol. The molecule has 1 aliphatic rings. The number of benzene rings is 1. The van der Waals surface area contributed by atoms with Crippen molar-refractivity contribution in [3.8, 4) is 5.69 Å². The first-order valence-electron chi connectivity index (χ1n) is 8.60. The predicted octanol–water partition coefficient (Wildman–Crippen LogP) is 2.61. The fraction of sp³-hybridized carbons (Fsp3) is 0.250. The van der Waals surface area contributed by atoms with Gasteiger partial charge < -0.3 is 14.2 Å². The molecule has 0 spiro atoms. The van der Waals surface area contributed by atoms with Crippen LogP contribution >= 0.6 is 0 Å². The van der Waals surface area contributed by atoms with Gasteiger partial charge in [-0.2, -0.15) is 0 Å². The van der Waals surface area contributed by atoms with E-state index in [2.05, 4.69) is 9.97 Å². The summed E-state index contributed by atoms with van der Waals surface area (Å²) in [5.41, 5.74) is 3.69. The van der Waals surface area contributed by atoms with Crippen molar-refractivity contribution in [1.82, 2.24) is 19.4 Å². The van der Waals surface area contributed by atoms with Gasteiger partial charge in [0, 0.05) is 62.0 Å². The first-order chi connectivity index (χ1) is 12.7. The highest BCUT2D eigenvalue weighted by atomic mass is 16.5.